The van der Waals surface area contributed by atoms with E-state index in [1.807, 2.05) is 0 Å². The maximum Gasteiger partial charge on any atom is 0.450 e. The van der Waals surface area contributed by atoms with E-state index in [2.05, 4.69) is 23.2 Å². The standard InChI is InChI=1S/C2Cl2F3O/c3-1(4,8)2(5,6)7. The van der Waals surface area contributed by atoms with Crippen molar-refractivity contribution in [3.63, 3.8) is 0 Å². The van der Waals surface area contributed by atoms with Gasteiger partial charge >= 0.3 is 10.7 Å². The van der Waals surface area contributed by atoms with Crippen molar-refractivity contribution < 1.29 is 18.3 Å². The zero-order chi connectivity index (χ0) is 7.00. The van der Waals surface area contributed by atoms with Gasteiger partial charge in [-0.25, -0.2) is 0 Å². The number of alkyl halides is 5. The normalized spacial score (nSPS) is 14.2. The molecule has 8 heavy (non-hydrogen) atoms. The summed E-state index contributed by atoms with van der Waals surface area (Å²) in [7, 11) is 0. The number of hydrogen-bond donors (Lipinski definition) is 0. The molecular formula is C2Cl2F3O. The van der Waals surface area contributed by atoms with Crippen molar-refractivity contribution >= 4 is 23.2 Å². The average Bonchev–Trinajstić information content (AvgIpc) is 1.25. The van der Waals surface area contributed by atoms with Gasteiger partial charge < -0.3 is 0 Å². The molecular weight excluding hydrogens is 168 g/mol. The van der Waals surface area contributed by atoms with Gasteiger partial charge in [0.1, 0.15) is 0 Å². The number of hydrogen-bond acceptors (Lipinski definition) is 0. The van der Waals surface area contributed by atoms with E-state index in [1.54, 1.807) is 0 Å². The third kappa shape index (κ3) is 2.07. The first-order valence-electron chi connectivity index (χ1n) is 1.40. The SMILES string of the molecule is [O]C(Cl)(Cl)C(F)(F)F. The molecule has 0 fully saturated rings. The third-order valence-corrected chi connectivity index (χ3v) is 0.759. The third-order valence-electron chi connectivity index (χ3n) is 0.330. The van der Waals surface area contributed by atoms with Crippen LogP contribution in [0.25, 0.3) is 0 Å². The van der Waals surface area contributed by atoms with Crippen LogP contribution in [0.2, 0.25) is 0 Å². The van der Waals surface area contributed by atoms with Gasteiger partial charge in [-0.1, -0.05) is 23.2 Å². The van der Waals surface area contributed by atoms with Crippen LogP contribution in [-0.4, -0.2) is 10.7 Å². The Hall–Kier alpha value is 0.330. The Morgan fingerprint density at radius 3 is 1.25 bits per heavy atom. The van der Waals surface area contributed by atoms with Gasteiger partial charge in [0.05, 0.1) is 0 Å². The summed E-state index contributed by atoms with van der Waals surface area (Å²) in [6.45, 7) is 0. The molecule has 0 aliphatic heterocycles. The summed E-state index contributed by atoms with van der Waals surface area (Å²) in [4.78, 5) is 0. The fourth-order valence-corrected chi connectivity index (χ4v) is 0. The van der Waals surface area contributed by atoms with Crippen LogP contribution in [-0.2, 0) is 5.11 Å². The summed E-state index contributed by atoms with van der Waals surface area (Å²) in [5.41, 5.74) is 0. The lowest BCUT2D eigenvalue weighted by Gasteiger charge is -2.11. The lowest BCUT2D eigenvalue weighted by atomic mass is 10.7. The van der Waals surface area contributed by atoms with Crippen molar-refractivity contribution in [1.29, 1.82) is 0 Å². The minimum atomic E-state index is -5.09. The number of halogens is 5. The van der Waals surface area contributed by atoms with Crippen LogP contribution in [0.5, 0.6) is 0 Å². The Morgan fingerprint density at radius 2 is 1.25 bits per heavy atom. The monoisotopic (exact) mass is 167 g/mol. The molecule has 0 amide bonds. The van der Waals surface area contributed by atoms with Crippen LogP contribution in [0.1, 0.15) is 0 Å². The predicted molar refractivity (Wildman–Crippen MR) is 21.2 cm³/mol. The van der Waals surface area contributed by atoms with E-state index in [-0.39, 0.29) is 0 Å². The van der Waals surface area contributed by atoms with Crippen LogP contribution in [0.4, 0.5) is 13.2 Å². The van der Waals surface area contributed by atoms with Gasteiger partial charge in [-0.15, -0.1) is 0 Å². The Bertz CT molecular complexity index is 70.3. The molecule has 49 valence electrons. The second-order valence-electron chi connectivity index (χ2n) is 1.01. The molecule has 0 aromatic carbocycles. The van der Waals surface area contributed by atoms with Crippen molar-refractivity contribution in [2.24, 2.45) is 0 Å². The van der Waals surface area contributed by atoms with Crippen molar-refractivity contribution in [1.82, 2.24) is 0 Å². The van der Waals surface area contributed by atoms with E-state index >= 15 is 0 Å². The summed E-state index contributed by atoms with van der Waals surface area (Å²) in [6.07, 6.45) is -5.09. The van der Waals surface area contributed by atoms with E-state index in [4.69, 9.17) is 0 Å². The molecule has 6 heteroatoms. The summed E-state index contributed by atoms with van der Waals surface area (Å²) >= 11 is 8.19. The maximum atomic E-state index is 11.0. The summed E-state index contributed by atoms with van der Waals surface area (Å²) < 4.78 is 29.1. The Kier molecular flexibility index (Phi) is 2.01. The first-order chi connectivity index (χ1) is 3.25. The van der Waals surface area contributed by atoms with Crippen molar-refractivity contribution in [2.45, 2.75) is 10.7 Å². The van der Waals surface area contributed by atoms with E-state index in [0.29, 0.717) is 0 Å². The topological polar surface area (TPSA) is 19.9 Å². The Labute approximate surface area is 53.0 Å². The fraction of sp³-hybridized carbons (Fsp3) is 1.00. The molecule has 0 aromatic heterocycles. The minimum absolute atomic E-state index is 3.87. The largest absolute Gasteiger partial charge is 0.450 e. The van der Waals surface area contributed by atoms with Crippen LogP contribution < -0.4 is 0 Å². The summed E-state index contributed by atoms with van der Waals surface area (Å²) in [6, 6.07) is 0. The van der Waals surface area contributed by atoms with Gasteiger partial charge in [-0.2, -0.15) is 18.3 Å². The molecule has 0 N–H and O–H groups in total. The summed E-state index contributed by atoms with van der Waals surface area (Å²) in [5.74, 6) is 0. The van der Waals surface area contributed by atoms with E-state index in [0.717, 1.165) is 0 Å². The molecule has 0 saturated heterocycles. The molecule has 0 aromatic rings. The van der Waals surface area contributed by atoms with E-state index < -0.39 is 10.7 Å². The molecule has 0 aliphatic carbocycles. The van der Waals surface area contributed by atoms with Gasteiger partial charge in [0.15, 0.2) is 0 Å². The Morgan fingerprint density at radius 1 is 1.12 bits per heavy atom. The average molecular weight is 168 g/mol. The fourth-order valence-electron chi connectivity index (χ4n) is 0. The smallest absolute Gasteiger partial charge is 0.183 e. The second kappa shape index (κ2) is 1.93. The quantitative estimate of drug-likeness (QED) is 0.493. The van der Waals surface area contributed by atoms with Crippen LogP contribution in [0, 0.1) is 0 Å². The van der Waals surface area contributed by atoms with Crippen LogP contribution in [0.3, 0.4) is 0 Å². The van der Waals surface area contributed by atoms with Crippen LogP contribution >= 0.6 is 23.2 Å². The molecule has 0 aliphatic rings. The zero-order valence-corrected chi connectivity index (χ0v) is 4.81. The molecule has 1 radical (unpaired) electrons. The first kappa shape index (κ1) is 8.33. The van der Waals surface area contributed by atoms with Gasteiger partial charge in [-0.05, 0) is 0 Å². The highest BCUT2D eigenvalue weighted by Gasteiger charge is 2.53. The molecule has 0 saturated carbocycles. The minimum Gasteiger partial charge on any atom is -0.183 e. The molecule has 0 unspecified atom stereocenters. The maximum absolute atomic E-state index is 11.0. The van der Waals surface area contributed by atoms with Crippen molar-refractivity contribution in [3.05, 3.63) is 0 Å². The molecule has 1 nitrogen and oxygen atoms in total. The zero-order valence-electron chi connectivity index (χ0n) is 3.30. The van der Waals surface area contributed by atoms with Gasteiger partial charge in [0.25, 0.3) is 0 Å². The highest BCUT2D eigenvalue weighted by atomic mass is 35.5. The van der Waals surface area contributed by atoms with Gasteiger partial charge in [0, 0.05) is 0 Å². The molecule has 0 atom stereocenters. The van der Waals surface area contributed by atoms with E-state index in [9.17, 15) is 18.3 Å². The highest BCUT2D eigenvalue weighted by molar-refractivity contribution is 6.47. The lowest BCUT2D eigenvalue weighted by molar-refractivity contribution is -0.210. The molecule has 0 bridgehead atoms. The first-order valence-corrected chi connectivity index (χ1v) is 2.15. The molecule has 0 heterocycles. The van der Waals surface area contributed by atoms with Gasteiger partial charge in [0.2, 0.25) is 0 Å². The summed E-state index contributed by atoms with van der Waals surface area (Å²) in [5, 5.41) is 9.53. The lowest BCUT2D eigenvalue weighted by Crippen LogP contribution is -2.31. The Balaban J connectivity index is 4.02. The van der Waals surface area contributed by atoms with Crippen molar-refractivity contribution in [3.8, 4) is 0 Å². The highest BCUT2D eigenvalue weighted by Crippen LogP contribution is 2.37. The molecule has 0 rings (SSSR count). The number of rotatable bonds is 0. The van der Waals surface area contributed by atoms with Gasteiger partial charge in [-0.3, -0.25) is 0 Å². The van der Waals surface area contributed by atoms with Crippen LogP contribution in [0.15, 0.2) is 0 Å². The van der Waals surface area contributed by atoms with E-state index in [1.165, 1.54) is 0 Å². The predicted octanol–water partition coefficient (Wildman–Crippen LogP) is 2.11. The molecule has 0 spiro atoms. The second-order valence-corrected chi connectivity index (χ2v) is 2.27. The van der Waals surface area contributed by atoms with Crippen molar-refractivity contribution in [2.75, 3.05) is 0 Å².